The van der Waals surface area contributed by atoms with Crippen LogP contribution in [-0.2, 0) is 24.4 Å². The molecule has 0 fully saturated rings. The van der Waals surface area contributed by atoms with Gasteiger partial charge in [-0.1, -0.05) is 0 Å². The van der Waals surface area contributed by atoms with E-state index in [0.29, 0.717) is 50.2 Å². The van der Waals surface area contributed by atoms with Crippen LogP contribution in [0.3, 0.4) is 0 Å². The third kappa shape index (κ3) is 7.28. The lowest BCUT2D eigenvalue weighted by atomic mass is 10.3. The summed E-state index contributed by atoms with van der Waals surface area (Å²) in [5.74, 6) is 1.04. The normalized spacial score (nSPS) is 11.1. The number of carboxylic acid groups (broad SMARTS) is 1. The Morgan fingerprint density at radius 3 is 1.38 bits per heavy atom. The average Bonchev–Trinajstić information content (AvgIpc) is 2.74. The van der Waals surface area contributed by atoms with Gasteiger partial charge in [0.2, 0.25) is 0 Å². The van der Waals surface area contributed by atoms with E-state index in [1.165, 1.54) is 0 Å². The Morgan fingerprint density at radius 2 is 1.00 bits per heavy atom. The molecule has 3 aromatic rings. The Morgan fingerprint density at radius 1 is 0.655 bits per heavy atom. The number of rotatable bonds is 11. The van der Waals surface area contributed by atoms with Crippen molar-refractivity contribution in [1.29, 1.82) is 0 Å². The van der Waals surface area contributed by atoms with E-state index < -0.39 is 5.97 Å². The largest absolute Gasteiger partial charge is 0.480 e. The molecule has 0 saturated heterocycles. The molecule has 0 aliphatic heterocycles. The van der Waals surface area contributed by atoms with Crippen molar-refractivity contribution in [2.24, 2.45) is 0 Å². The van der Waals surface area contributed by atoms with E-state index >= 15 is 0 Å². The first kappa shape index (κ1) is 20.4. The number of carboxylic acids is 1. The van der Waals surface area contributed by atoms with Crippen LogP contribution in [0.2, 0.25) is 0 Å². The molecule has 10 nitrogen and oxygen atoms in total. The molecular weight excluding hydrogens is 372 g/mol. The first-order chi connectivity index (χ1) is 14.2. The van der Waals surface area contributed by atoms with Gasteiger partial charge >= 0.3 is 5.97 Å². The minimum atomic E-state index is -0.898. The van der Waals surface area contributed by atoms with Gasteiger partial charge in [-0.2, -0.15) is 0 Å². The quantitative estimate of drug-likeness (QED) is 0.496. The molecule has 0 spiro atoms. The number of aromatic nitrogens is 6. The molecule has 0 saturated carbocycles. The zero-order chi connectivity index (χ0) is 20.3. The molecule has 3 aromatic heterocycles. The van der Waals surface area contributed by atoms with Gasteiger partial charge in [-0.25, -0.2) is 29.9 Å². The number of nitrogens with zero attached hydrogens (tertiary/aromatic N) is 8. The maximum Gasteiger partial charge on any atom is 0.317 e. The Bertz CT molecular complexity index is 826. The summed E-state index contributed by atoms with van der Waals surface area (Å²) >= 11 is 0. The Labute approximate surface area is 168 Å². The van der Waals surface area contributed by atoms with Crippen LogP contribution in [-0.4, -0.2) is 70.4 Å². The Hall–Kier alpha value is -3.37. The molecule has 10 heteroatoms. The highest BCUT2D eigenvalue weighted by Gasteiger charge is 2.16. The molecule has 0 bridgehead atoms. The summed E-state index contributed by atoms with van der Waals surface area (Å²) in [6.45, 7) is 2.34. The molecule has 0 unspecified atom stereocenters. The monoisotopic (exact) mass is 394 g/mol. The SMILES string of the molecule is O=C(O)CN(CCN(Cc1ncccn1)Cc1ncccn1)Cc1ncccn1. The molecule has 1 N–H and O–H groups in total. The molecule has 0 radical (unpaired) electrons. The molecule has 0 amide bonds. The third-order valence-corrected chi connectivity index (χ3v) is 4.04. The molecule has 3 heterocycles. The molecule has 3 rings (SSSR count). The lowest BCUT2D eigenvalue weighted by Crippen LogP contribution is -2.38. The summed E-state index contributed by atoms with van der Waals surface area (Å²) in [7, 11) is 0. The topological polar surface area (TPSA) is 121 Å². The van der Waals surface area contributed by atoms with Gasteiger partial charge in [-0.05, 0) is 18.2 Å². The lowest BCUT2D eigenvalue weighted by molar-refractivity contribution is -0.138. The first-order valence-corrected chi connectivity index (χ1v) is 9.13. The minimum absolute atomic E-state index is 0.101. The fraction of sp³-hybridized carbons (Fsp3) is 0.316. The lowest BCUT2D eigenvalue weighted by Gasteiger charge is -2.25. The third-order valence-electron chi connectivity index (χ3n) is 4.04. The second kappa shape index (κ2) is 10.8. The van der Waals surface area contributed by atoms with Crippen LogP contribution in [0, 0.1) is 0 Å². The molecule has 29 heavy (non-hydrogen) atoms. The van der Waals surface area contributed by atoms with E-state index in [1.807, 2.05) is 0 Å². The first-order valence-electron chi connectivity index (χ1n) is 9.13. The van der Waals surface area contributed by atoms with Crippen molar-refractivity contribution in [2.75, 3.05) is 19.6 Å². The minimum Gasteiger partial charge on any atom is -0.480 e. The van der Waals surface area contributed by atoms with Gasteiger partial charge in [0.05, 0.1) is 26.2 Å². The van der Waals surface area contributed by atoms with E-state index in [1.54, 1.807) is 60.3 Å². The molecule has 0 aliphatic rings. The van der Waals surface area contributed by atoms with Crippen LogP contribution in [0.15, 0.2) is 55.4 Å². The van der Waals surface area contributed by atoms with Crippen LogP contribution in [0.25, 0.3) is 0 Å². The van der Waals surface area contributed by atoms with Crippen LogP contribution in [0.4, 0.5) is 0 Å². The van der Waals surface area contributed by atoms with Crippen molar-refractivity contribution < 1.29 is 9.90 Å². The van der Waals surface area contributed by atoms with Gasteiger partial charge in [0.1, 0.15) is 17.5 Å². The predicted octanol–water partition coefficient (Wildman–Crippen LogP) is 0.646. The average molecular weight is 394 g/mol. The van der Waals surface area contributed by atoms with Crippen LogP contribution in [0.5, 0.6) is 0 Å². The summed E-state index contributed by atoms with van der Waals surface area (Å²) in [4.78, 5) is 40.7. The van der Waals surface area contributed by atoms with Crippen molar-refractivity contribution in [3.8, 4) is 0 Å². The standard InChI is InChI=1S/C19H22N8O2/c28-19(29)15-27(14-18-24-8-3-9-25-18)11-10-26(12-16-20-4-1-5-21-16)13-17-22-6-2-7-23-17/h1-9H,10-15H2,(H,28,29). The zero-order valence-corrected chi connectivity index (χ0v) is 15.9. The zero-order valence-electron chi connectivity index (χ0n) is 15.9. The van der Waals surface area contributed by atoms with Crippen molar-refractivity contribution in [1.82, 2.24) is 39.7 Å². The predicted molar refractivity (Wildman–Crippen MR) is 103 cm³/mol. The number of aliphatic carboxylic acids is 1. The Balaban J connectivity index is 1.67. The summed E-state index contributed by atoms with van der Waals surface area (Å²) in [6, 6.07) is 5.26. The maximum absolute atomic E-state index is 11.3. The van der Waals surface area contributed by atoms with Crippen molar-refractivity contribution in [3.05, 3.63) is 72.9 Å². The smallest absolute Gasteiger partial charge is 0.317 e. The van der Waals surface area contributed by atoms with Gasteiger partial charge in [-0.3, -0.25) is 14.6 Å². The van der Waals surface area contributed by atoms with Crippen molar-refractivity contribution in [3.63, 3.8) is 0 Å². The van der Waals surface area contributed by atoms with Crippen LogP contribution >= 0.6 is 0 Å². The molecule has 150 valence electrons. The summed E-state index contributed by atoms with van der Waals surface area (Å²) in [5, 5.41) is 9.26. The van der Waals surface area contributed by atoms with Gasteiger partial charge in [0, 0.05) is 50.3 Å². The molecule has 0 aromatic carbocycles. The highest BCUT2D eigenvalue weighted by molar-refractivity contribution is 5.69. The summed E-state index contributed by atoms with van der Waals surface area (Å²) in [6.07, 6.45) is 10.1. The summed E-state index contributed by atoms with van der Waals surface area (Å²) in [5.41, 5.74) is 0. The van der Waals surface area contributed by atoms with Crippen molar-refractivity contribution in [2.45, 2.75) is 19.6 Å². The van der Waals surface area contributed by atoms with E-state index in [-0.39, 0.29) is 6.54 Å². The highest BCUT2D eigenvalue weighted by atomic mass is 16.4. The van der Waals surface area contributed by atoms with Crippen molar-refractivity contribution >= 4 is 5.97 Å². The number of carbonyl (C=O) groups is 1. The number of hydrogen-bond donors (Lipinski definition) is 1. The molecule has 0 atom stereocenters. The highest BCUT2D eigenvalue weighted by Crippen LogP contribution is 2.06. The van der Waals surface area contributed by atoms with E-state index in [2.05, 4.69) is 34.8 Å². The summed E-state index contributed by atoms with van der Waals surface area (Å²) < 4.78 is 0. The van der Waals surface area contributed by atoms with Gasteiger partial charge in [0.25, 0.3) is 0 Å². The molecular formula is C19H22N8O2. The van der Waals surface area contributed by atoms with Crippen LogP contribution in [0.1, 0.15) is 17.5 Å². The van der Waals surface area contributed by atoms with E-state index in [0.717, 1.165) is 0 Å². The Kier molecular flexibility index (Phi) is 7.61. The van der Waals surface area contributed by atoms with E-state index in [4.69, 9.17) is 0 Å². The van der Waals surface area contributed by atoms with Crippen LogP contribution < -0.4 is 0 Å². The molecule has 0 aliphatic carbocycles. The second-order valence-corrected chi connectivity index (χ2v) is 6.31. The van der Waals surface area contributed by atoms with E-state index in [9.17, 15) is 9.90 Å². The second-order valence-electron chi connectivity index (χ2n) is 6.31. The number of hydrogen-bond acceptors (Lipinski definition) is 9. The fourth-order valence-corrected chi connectivity index (χ4v) is 2.74. The van der Waals surface area contributed by atoms with Gasteiger partial charge in [0.15, 0.2) is 0 Å². The fourth-order valence-electron chi connectivity index (χ4n) is 2.74. The maximum atomic E-state index is 11.3. The van der Waals surface area contributed by atoms with Gasteiger partial charge in [-0.15, -0.1) is 0 Å². The van der Waals surface area contributed by atoms with Gasteiger partial charge < -0.3 is 5.11 Å².